The van der Waals surface area contributed by atoms with Crippen LogP contribution in [0.2, 0.25) is 0 Å². The first-order valence-electron chi connectivity index (χ1n) is 9.10. The molecule has 0 amide bonds. The standard InChI is InChI=1S/C21H22N2O4S2/c1-15(2)20(23-29(25,26)13-12-16-8-4-3-5-9-16)21(24)27-14-19-22-17-10-6-7-11-18(17)28-19/h3-13,15,20,23H,14H2,1-2H3. The molecule has 1 aromatic heterocycles. The van der Waals surface area contributed by atoms with Crippen LogP contribution in [0.3, 0.4) is 0 Å². The molecule has 8 heteroatoms. The van der Waals surface area contributed by atoms with Crippen LogP contribution in [0.4, 0.5) is 0 Å². The second-order valence-electron chi connectivity index (χ2n) is 6.78. The first kappa shape index (κ1) is 21.2. The molecule has 0 fully saturated rings. The third-order valence-corrected chi connectivity index (χ3v) is 6.21. The first-order valence-corrected chi connectivity index (χ1v) is 11.5. The number of carbonyl (C=O) groups excluding carboxylic acids is 1. The van der Waals surface area contributed by atoms with Gasteiger partial charge in [0.15, 0.2) is 0 Å². The molecule has 0 radical (unpaired) electrons. The van der Waals surface area contributed by atoms with Gasteiger partial charge in [-0.2, -0.15) is 4.72 Å². The van der Waals surface area contributed by atoms with E-state index < -0.39 is 22.0 Å². The van der Waals surface area contributed by atoms with Crippen LogP contribution >= 0.6 is 11.3 Å². The summed E-state index contributed by atoms with van der Waals surface area (Å²) in [7, 11) is -3.82. The molecule has 0 spiro atoms. The van der Waals surface area contributed by atoms with Gasteiger partial charge in [-0.25, -0.2) is 13.4 Å². The number of esters is 1. The smallest absolute Gasteiger partial charge is 0.324 e. The summed E-state index contributed by atoms with van der Waals surface area (Å²) in [5.74, 6) is -0.909. The minimum atomic E-state index is -3.82. The van der Waals surface area contributed by atoms with Gasteiger partial charge < -0.3 is 4.74 Å². The highest BCUT2D eigenvalue weighted by atomic mass is 32.2. The molecule has 0 aliphatic carbocycles. The van der Waals surface area contributed by atoms with Crippen molar-refractivity contribution in [3.05, 3.63) is 70.6 Å². The molecule has 1 unspecified atom stereocenters. The van der Waals surface area contributed by atoms with Crippen LogP contribution in [0, 0.1) is 5.92 Å². The molecule has 2 aromatic carbocycles. The average Bonchev–Trinajstić information content (AvgIpc) is 3.12. The molecule has 3 rings (SSSR count). The van der Waals surface area contributed by atoms with Crippen LogP contribution in [0.15, 0.2) is 60.0 Å². The Morgan fingerprint density at radius 3 is 2.52 bits per heavy atom. The number of rotatable bonds is 8. The molecule has 1 heterocycles. The van der Waals surface area contributed by atoms with Gasteiger partial charge in [0.1, 0.15) is 17.7 Å². The number of thiazole rings is 1. The lowest BCUT2D eigenvalue weighted by molar-refractivity contribution is -0.148. The monoisotopic (exact) mass is 430 g/mol. The van der Waals surface area contributed by atoms with Crippen molar-refractivity contribution in [1.82, 2.24) is 9.71 Å². The highest BCUT2D eigenvalue weighted by molar-refractivity contribution is 7.92. The van der Waals surface area contributed by atoms with Gasteiger partial charge in [0, 0.05) is 5.41 Å². The summed E-state index contributed by atoms with van der Waals surface area (Å²) in [6, 6.07) is 15.7. The van der Waals surface area contributed by atoms with Gasteiger partial charge in [0.2, 0.25) is 10.0 Å². The fourth-order valence-corrected chi connectivity index (χ4v) is 4.63. The highest BCUT2D eigenvalue weighted by Crippen LogP contribution is 2.22. The van der Waals surface area contributed by atoms with E-state index in [1.807, 2.05) is 42.5 Å². The van der Waals surface area contributed by atoms with Crippen LogP contribution < -0.4 is 4.72 Å². The van der Waals surface area contributed by atoms with Crippen molar-refractivity contribution >= 4 is 43.6 Å². The predicted molar refractivity (Wildman–Crippen MR) is 116 cm³/mol. The second kappa shape index (κ2) is 9.30. The SMILES string of the molecule is CC(C)C(NS(=O)(=O)C=Cc1ccccc1)C(=O)OCc1nc2ccccc2s1. The molecule has 3 aromatic rings. The number of hydrogen-bond acceptors (Lipinski definition) is 6. The van der Waals surface area contributed by atoms with Gasteiger partial charge in [-0.1, -0.05) is 56.3 Å². The third kappa shape index (κ3) is 5.96. The van der Waals surface area contributed by atoms with Gasteiger partial charge in [-0.3, -0.25) is 4.79 Å². The van der Waals surface area contributed by atoms with E-state index in [1.165, 1.54) is 17.4 Å². The van der Waals surface area contributed by atoms with Gasteiger partial charge in [-0.15, -0.1) is 11.3 Å². The number of carbonyl (C=O) groups is 1. The molecule has 152 valence electrons. The molecule has 6 nitrogen and oxygen atoms in total. The Labute approximate surface area is 174 Å². The summed E-state index contributed by atoms with van der Waals surface area (Å²) >= 11 is 1.44. The Kier molecular flexibility index (Phi) is 6.79. The number of fused-ring (bicyclic) bond motifs is 1. The van der Waals surface area contributed by atoms with Crippen molar-refractivity contribution in [2.75, 3.05) is 0 Å². The zero-order chi connectivity index (χ0) is 20.9. The van der Waals surface area contributed by atoms with Gasteiger partial charge >= 0.3 is 5.97 Å². The van der Waals surface area contributed by atoms with Gasteiger partial charge in [-0.05, 0) is 29.7 Å². The van der Waals surface area contributed by atoms with Crippen LogP contribution in [0.5, 0.6) is 0 Å². The number of sulfonamides is 1. The molecule has 0 aliphatic heterocycles. The van der Waals surface area contributed by atoms with Crippen molar-refractivity contribution in [3.63, 3.8) is 0 Å². The lowest BCUT2D eigenvalue weighted by atomic mass is 10.1. The van der Waals surface area contributed by atoms with E-state index >= 15 is 0 Å². The Morgan fingerprint density at radius 1 is 1.14 bits per heavy atom. The maximum Gasteiger partial charge on any atom is 0.324 e. The van der Waals surface area contributed by atoms with E-state index in [-0.39, 0.29) is 12.5 Å². The zero-order valence-electron chi connectivity index (χ0n) is 16.1. The summed E-state index contributed by atoms with van der Waals surface area (Å²) in [6.45, 7) is 3.52. The summed E-state index contributed by atoms with van der Waals surface area (Å²) in [5, 5.41) is 1.72. The Hall–Kier alpha value is -2.55. The van der Waals surface area contributed by atoms with Crippen LogP contribution in [0.25, 0.3) is 16.3 Å². The Bertz CT molecular complexity index is 1070. The van der Waals surface area contributed by atoms with Crippen LogP contribution in [-0.2, 0) is 26.2 Å². The van der Waals surface area contributed by atoms with Crippen LogP contribution in [-0.4, -0.2) is 25.4 Å². The van der Waals surface area contributed by atoms with Crippen molar-refractivity contribution in [1.29, 1.82) is 0 Å². The van der Waals surface area contributed by atoms with Crippen molar-refractivity contribution in [3.8, 4) is 0 Å². The maximum absolute atomic E-state index is 12.5. The maximum atomic E-state index is 12.5. The number of ether oxygens (including phenoxy) is 1. The van der Waals surface area contributed by atoms with E-state index in [0.717, 1.165) is 21.2 Å². The minimum absolute atomic E-state index is 0.00296. The second-order valence-corrected chi connectivity index (χ2v) is 9.49. The lowest BCUT2D eigenvalue weighted by Crippen LogP contribution is -2.44. The number of benzene rings is 2. The number of aromatic nitrogens is 1. The fraction of sp³-hybridized carbons (Fsp3) is 0.238. The zero-order valence-corrected chi connectivity index (χ0v) is 17.7. The lowest BCUT2D eigenvalue weighted by Gasteiger charge is -2.19. The normalized spacial score (nSPS) is 13.2. The molecule has 0 bridgehead atoms. The largest absolute Gasteiger partial charge is 0.457 e. The van der Waals surface area contributed by atoms with E-state index in [1.54, 1.807) is 26.0 Å². The number of para-hydroxylation sites is 1. The minimum Gasteiger partial charge on any atom is -0.457 e. The van der Waals surface area contributed by atoms with Crippen LogP contribution in [0.1, 0.15) is 24.4 Å². The topological polar surface area (TPSA) is 85.4 Å². The molecule has 0 saturated carbocycles. The van der Waals surface area contributed by atoms with E-state index in [9.17, 15) is 13.2 Å². The van der Waals surface area contributed by atoms with Crippen molar-refractivity contribution in [2.24, 2.45) is 5.92 Å². The van der Waals surface area contributed by atoms with Crippen molar-refractivity contribution < 1.29 is 17.9 Å². The Balaban J connectivity index is 1.64. The quantitative estimate of drug-likeness (QED) is 0.547. The first-order chi connectivity index (χ1) is 13.8. The number of nitrogens with one attached hydrogen (secondary N) is 1. The molecule has 1 atom stereocenters. The molecular formula is C21H22N2O4S2. The molecule has 29 heavy (non-hydrogen) atoms. The predicted octanol–water partition coefficient (Wildman–Crippen LogP) is 3.95. The van der Waals surface area contributed by atoms with Gasteiger partial charge in [0.05, 0.1) is 10.2 Å². The summed E-state index contributed by atoms with van der Waals surface area (Å²) < 4.78 is 33.6. The Morgan fingerprint density at radius 2 is 1.83 bits per heavy atom. The van der Waals surface area contributed by atoms with E-state index in [2.05, 4.69) is 9.71 Å². The molecule has 0 saturated heterocycles. The molecule has 0 aliphatic rings. The number of hydrogen-bond donors (Lipinski definition) is 1. The highest BCUT2D eigenvalue weighted by Gasteiger charge is 2.28. The van der Waals surface area contributed by atoms with E-state index in [4.69, 9.17) is 4.74 Å². The van der Waals surface area contributed by atoms with E-state index in [0.29, 0.717) is 5.01 Å². The summed E-state index contributed by atoms with van der Waals surface area (Å²) in [5.41, 5.74) is 1.59. The summed E-state index contributed by atoms with van der Waals surface area (Å²) in [6.07, 6.45) is 1.48. The van der Waals surface area contributed by atoms with Gasteiger partial charge in [0.25, 0.3) is 0 Å². The average molecular weight is 431 g/mol. The summed E-state index contributed by atoms with van der Waals surface area (Å²) in [4.78, 5) is 16.9. The van der Waals surface area contributed by atoms with Crippen molar-refractivity contribution in [2.45, 2.75) is 26.5 Å². The molecule has 1 N–H and O–H groups in total. The molecular weight excluding hydrogens is 408 g/mol. The fourth-order valence-electron chi connectivity index (χ4n) is 2.61. The number of nitrogens with zero attached hydrogens (tertiary/aromatic N) is 1. The third-order valence-electron chi connectivity index (χ3n) is 4.13.